The van der Waals surface area contributed by atoms with E-state index in [4.69, 9.17) is 14.2 Å². The summed E-state index contributed by atoms with van der Waals surface area (Å²) < 4.78 is 17.9. The van der Waals surface area contributed by atoms with E-state index < -0.39 is 0 Å². The van der Waals surface area contributed by atoms with Gasteiger partial charge in [-0.05, 0) is 24.1 Å². The first-order valence-corrected chi connectivity index (χ1v) is 10.5. The molecule has 0 saturated carbocycles. The summed E-state index contributed by atoms with van der Waals surface area (Å²) in [5.74, 6) is 3.99. The van der Waals surface area contributed by atoms with Crippen LogP contribution in [0.5, 0.6) is 11.5 Å². The summed E-state index contributed by atoms with van der Waals surface area (Å²) in [6.07, 6.45) is 1.85. The second kappa shape index (κ2) is 10.00. The SMILES string of the molecule is CN=C(NCC(C)(C)c1ccc(OC)c(OC)c1)NC1CCc2nc(COC)nn2C1. The quantitative estimate of drug-likeness (QED) is 0.488. The molecule has 9 heteroatoms. The molecule has 1 atom stereocenters. The highest BCUT2D eigenvalue weighted by Gasteiger charge is 2.25. The van der Waals surface area contributed by atoms with Crippen molar-refractivity contribution in [3.8, 4) is 11.5 Å². The molecule has 2 aromatic rings. The summed E-state index contributed by atoms with van der Waals surface area (Å²) in [4.78, 5) is 8.95. The lowest BCUT2D eigenvalue weighted by atomic mass is 9.84. The van der Waals surface area contributed by atoms with Crippen LogP contribution in [0.25, 0.3) is 0 Å². The molecule has 170 valence electrons. The first-order chi connectivity index (χ1) is 14.9. The minimum absolute atomic E-state index is 0.141. The standard InChI is InChI=1S/C22H34N6O3/c1-22(2,15-7-9-17(30-5)18(11-15)31-6)14-24-21(23-3)25-16-8-10-20-26-19(13-29-4)27-28(20)12-16/h7,9,11,16H,8,10,12-14H2,1-6H3,(H2,23,24,25). The molecule has 0 aliphatic carbocycles. The first kappa shape index (κ1) is 22.9. The topological polar surface area (TPSA) is 94.8 Å². The van der Waals surface area contributed by atoms with E-state index >= 15 is 0 Å². The molecular weight excluding hydrogens is 396 g/mol. The van der Waals surface area contributed by atoms with Gasteiger partial charge in [-0.2, -0.15) is 5.10 Å². The zero-order valence-electron chi connectivity index (χ0n) is 19.4. The monoisotopic (exact) mass is 430 g/mol. The molecule has 1 aliphatic heterocycles. The van der Waals surface area contributed by atoms with Crippen molar-refractivity contribution in [2.24, 2.45) is 4.99 Å². The highest BCUT2D eigenvalue weighted by atomic mass is 16.5. The Hall–Kier alpha value is -2.81. The molecule has 2 N–H and O–H groups in total. The Kier molecular flexibility index (Phi) is 7.37. The second-order valence-electron chi connectivity index (χ2n) is 8.32. The highest BCUT2D eigenvalue weighted by molar-refractivity contribution is 5.80. The van der Waals surface area contributed by atoms with E-state index in [0.717, 1.165) is 54.1 Å². The average molecular weight is 431 g/mol. The van der Waals surface area contributed by atoms with Gasteiger partial charge in [0.2, 0.25) is 0 Å². The average Bonchev–Trinajstić information content (AvgIpc) is 3.17. The largest absolute Gasteiger partial charge is 0.493 e. The van der Waals surface area contributed by atoms with Gasteiger partial charge in [0.25, 0.3) is 0 Å². The number of nitrogens with zero attached hydrogens (tertiary/aromatic N) is 4. The Morgan fingerprint density at radius 1 is 1.23 bits per heavy atom. The number of guanidine groups is 1. The van der Waals surface area contributed by atoms with Gasteiger partial charge in [-0.25, -0.2) is 9.67 Å². The van der Waals surface area contributed by atoms with Crippen molar-refractivity contribution >= 4 is 5.96 Å². The van der Waals surface area contributed by atoms with Crippen LogP contribution in [0.15, 0.2) is 23.2 Å². The third-order valence-corrected chi connectivity index (χ3v) is 5.60. The van der Waals surface area contributed by atoms with Gasteiger partial charge in [-0.15, -0.1) is 0 Å². The highest BCUT2D eigenvalue weighted by Crippen LogP contribution is 2.32. The van der Waals surface area contributed by atoms with Gasteiger partial charge in [0.1, 0.15) is 12.4 Å². The van der Waals surface area contributed by atoms with E-state index in [2.05, 4.69) is 45.6 Å². The number of fused-ring (bicyclic) bond motifs is 1. The minimum Gasteiger partial charge on any atom is -0.493 e. The van der Waals surface area contributed by atoms with Crippen molar-refractivity contribution in [1.29, 1.82) is 0 Å². The van der Waals surface area contributed by atoms with Crippen LogP contribution in [-0.4, -0.2) is 61.7 Å². The fraction of sp³-hybridized carbons (Fsp3) is 0.591. The maximum Gasteiger partial charge on any atom is 0.191 e. The van der Waals surface area contributed by atoms with Gasteiger partial charge >= 0.3 is 0 Å². The third kappa shape index (κ3) is 5.46. The normalized spacial score (nSPS) is 16.6. The molecule has 0 fully saturated rings. The number of hydrogen-bond acceptors (Lipinski definition) is 6. The van der Waals surface area contributed by atoms with Gasteiger partial charge in [0.15, 0.2) is 23.3 Å². The Morgan fingerprint density at radius 2 is 2.00 bits per heavy atom. The van der Waals surface area contributed by atoms with Crippen molar-refractivity contribution in [3.05, 3.63) is 35.4 Å². The molecule has 1 unspecified atom stereocenters. The number of nitrogens with one attached hydrogen (secondary N) is 2. The Labute approximate surface area is 184 Å². The summed E-state index contributed by atoms with van der Waals surface area (Å²) >= 11 is 0. The second-order valence-corrected chi connectivity index (χ2v) is 8.32. The van der Waals surface area contributed by atoms with Gasteiger partial charge in [0.05, 0.1) is 20.8 Å². The molecule has 3 rings (SSSR count). The van der Waals surface area contributed by atoms with Gasteiger partial charge in [-0.1, -0.05) is 19.9 Å². The van der Waals surface area contributed by atoms with Crippen molar-refractivity contribution in [1.82, 2.24) is 25.4 Å². The van der Waals surface area contributed by atoms with Crippen molar-refractivity contribution in [2.75, 3.05) is 34.9 Å². The van der Waals surface area contributed by atoms with Crippen LogP contribution in [0, 0.1) is 0 Å². The lowest BCUT2D eigenvalue weighted by molar-refractivity contribution is 0.177. The van der Waals surface area contributed by atoms with Crippen LogP contribution < -0.4 is 20.1 Å². The Morgan fingerprint density at radius 3 is 2.68 bits per heavy atom. The first-order valence-electron chi connectivity index (χ1n) is 10.5. The van der Waals surface area contributed by atoms with Crippen LogP contribution in [0.2, 0.25) is 0 Å². The molecule has 2 heterocycles. The van der Waals surface area contributed by atoms with Crippen molar-refractivity contribution in [3.63, 3.8) is 0 Å². The van der Waals surface area contributed by atoms with Crippen LogP contribution in [-0.2, 0) is 29.7 Å². The molecule has 1 aromatic heterocycles. The molecule has 0 radical (unpaired) electrons. The fourth-order valence-corrected chi connectivity index (χ4v) is 3.72. The predicted molar refractivity (Wildman–Crippen MR) is 120 cm³/mol. The zero-order valence-corrected chi connectivity index (χ0v) is 19.4. The molecule has 9 nitrogen and oxygen atoms in total. The third-order valence-electron chi connectivity index (χ3n) is 5.60. The van der Waals surface area contributed by atoms with Crippen molar-refractivity contribution in [2.45, 2.75) is 51.3 Å². The van der Waals surface area contributed by atoms with E-state index in [1.165, 1.54) is 0 Å². The summed E-state index contributed by atoms with van der Waals surface area (Å²) in [5, 5.41) is 11.5. The maximum absolute atomic E-state index is 5.46. The number of hydrogen-bond donors (Lipinski definition) is 2. The zero-order chi connectivity index (χ0) is 22.4. The summed E-state index contributed by atoms with van der Waals surface area (Å²) in [6.45, 7) is 6.28. The fourth-order valence-electron chi connectivity index (χ4n) is 3.72. The Bertz CT molecular complexity index is 909. The minimum atomic E-state index is -0.141. The number of ether oxygens (including phenoxy) is 3. The maximum atomic E-state index is 5.46. The summed E-state index contributed by atoms with van der Waals surface area (Å²) in [6, 6.07) is 6.28. The number of methoxy groups -OCH3 is 3. The number of aliphatic imine (C=N–C) groups is 1. The molecule has 0 spiro atoms. The molecule has 0 amide bonds. The number of rotatable bonds is 8. The predicted octanol–water partition coefficient (Wildman–Crippen LogP) is 1.90. The van der Waals surface area contributed by atoms with E-state index in [1.54, 1.807) is 28.4 Å². The molecule has 0 saturated heterocycles. The molecule has 31 heavy (non-hydrogen) atoms. The molecule has 0 bridgehead atoms. The van der Waals surface area contributed by atoms with E-state index in [9.17, 15) is 0 Å². The number of aromatic nitrogens is 3. The lowest BCUT2D eigenvalue weighted by Crippen LogP contribution is -2.49. The molecular formula is C22H34N6O3. The lowest BCUT2D eigenvalue weighted by Gasteiger charge is -2.29. The number of aryl methyl sites for hydroxylation is 1. The van der Waals surface area contributed by atoms with Crippen LogP contribution in [0.4, 0.5) is 0 Å². The Balaban J connectivity index is 1.60. The van der Waals surface area contributed by atoms with Gasteiger partial charge in [-0.3, -0.25) is 4.99 Å². The smallest absolute Gasteiger partial charge is 0.191 e. The molecule has 1 aromatic carbocycles. The van der Waals surface area contributed by atoms with Crippen LogP contribution >= 0.6 is 0 Å². The van der Waals surface area contributed by atoms with Crippen LogP contribution in [0.1, 0.15) is 37.5 Å². The van der Waals surface area contributed by atoms with E-state index in [1.807, 2.05) is 16.8 Å². The van der Waals surface area contributed by atoms with Crippen molar-refractivity contribution < 1.29 is 14.2 Å². The van der Waals surface area contributed by atoms with E-state index in [0.29, 0.717) is 13.2 Å². The van der Waals surface area contributed by atoms with Crippen LogP contribution in [0.3, 0.4) is 0 Å². The van der Waals surface area contributed by atoms with Gasteiger partial charge < -0.3 is 24.8 Å². The molecule has 1 aliphatic rings. The number of benzene rings is 1. The van der Waals surface area contributed by atoms with E-state index in [-0.39, 0.29) is 11.5 Å². The summed E-state index contributed by atoms with van der Waals surface area (Å²) in [5.41, 5.74) is 1.02. The van der Waals surface area contributed by atoms with Gasteiger partial charge in [0, 0.05) is 38.6 Å². The summed E-state index contributed by atoms with van der Waals surface area (Å²) in [7, 11) is 6.75.